The summed E-state index contributed by atoms with van der Waals surface area (Å²) in [6.45, 7) is 1.52. The summed E-state index contributed by atoms with van der Waals surface area (Å²) in [5.41, 5.74) is 2.62. The predicted octanol–water partition coefficient (Wildman–Crippen LogP) is 5.16. The van der Waals surface area contributed by atoms with Gasteiger partial charge in [-0.2, -0.15) is 0 Å². The first-order chi connectivity index (χ1) is 16.1. The molecule has 1 fully saturated rings. The van der Waals surface area contributed by atoms with E-state index in [2.05, 4.69) is 20.2 Å². The van der Waals surface area contributed by atoms with Crippen LogP contribution in [0, 0.1) is 0 Å². The van der Waals surface area contributed by atoms with Crippen molar-refractivity contribution < 1.29 is 9.90 Å². The van der Waals surface area contributed by atoms with Gasteiger partial charge in [0.1, 0.15) is 5.82 Å². The Balaban J connectivity index is 1.36. The first-order valence-electron chi connectivity index (χ1n) is 10.9. The van der Waals surface area contributed by atoms with Crippen LogP contribution in [0.4, 0.5) is 11.5 Å². The number of hydrogen-bond donors (Lipinski definition) is 2. The van der Waals surface area contributed by atoms with Gasteiger partial charge >= 0.3 is 0 Å². The van der Waals surface area contributed by atoms with E-state index in [0.29, 0.717) is 16.3 Å². The van der Waals surface area contributed by atoms with Gasteiger partial charge in [0.15, 0.2) is 0 Å². The van der Waals surface area contributed by atoms with Gasteiger partial charge in [0.25, 0.3) is 5.91 Å². The molecular weight excluding hydrogens is 436 g/mol. The number of fused-ring (bicyclic) bond motifs is 1. The zero-order valence-electron chi connectivity index (χ0n) is 17.9. The second kappa shape index (κ2) is 9.17. The highest BCUT2D eigenvalue weighted by molar-refractivity contribution is 6.33. The second-order valence-electron chi connectivity index (χ2n) is 8.15. The number of rotatable bonds is 4. The summed E-state index contributed by atoms with van der Waals surface area (Å²) in [5, 5.41) is 15.2. The Labute approximate surface area is 196 Å². The standard InChI is InChI=1S/C26H23ClN4O2/c27-23-7-6-19(15-22(23)25-21-4-2-1-3-17(21)9-12-28-25)30-26(33)18-5-8-24(29-16-18)31-13-10-20(32)11-14-31/h1-9,12,15-16,20,32H,10-11,13-14H2,(H,30,33). The number of halogens is 1. The Morgan fingerprint density at radius 3 is 2.64 bits per heavy atom. The average Bonchev–Trinajstić information content (AvgIpc) is 2.85. The molecular formula is C26H23ClN4O2. The molecule has 0 unspecified atom stereocenters. The fourth-order valence-corrected chi connectivity index (χ4v) is 4.33. The van der Waals surface area contributed by atoms with E-state index < -0.39 is 0 Å². The minimum Gasteiger partial charge on any atom is -0.393 e. The number of carbonyl (C=O) groups is 1. The predicted molar refractivity (Wildman–Crippen MR) is 132 cm³/mol. The molecule has 1 amide bonds. The lowest BCUT2D eigenvalue weighted by Crippen LogP contribution is -2.36. The number of nitrogens with one attached hydrogen (secondary N) is 1. The van der Waals surface area contributed by atoms with Crippen molar-refractivity contribution in [1.82, 2.24) is 9.97 Å². The fourth-order valence-electron chi connectivity index (χ4n) is 4.12. The average molecular weight is 459 g/mol. The highest BCUT2D eigenvalue weighted by Gasteiger charge is 2.18. The summed E-state index contributed by atoms with van der Waals surface area (Å²) in [7, 11) is 0. The van der Waals surface area contributed by atoms with Crippen LogP contribution in [0.1, 0.15) is 23.2 Å². The summed E-state index contributed by atoms with van der Waals surface area (Å²) >= 11 is 6.50. The minimum absolute atomic E-state index is 0.236. The number of aliphatic hydroxyl groups is 1. The summed E-state index contributed by atoms with van der Waals surface area (Å²) in [4.78, 5) is 24.0. The summed E-state index contributed by atoms with van der Waals surface area (Å²) in [6, 6.07) is 19.0. The van der Waals surface area contributed by atoms with Crippen molar-refractivity contribution in [3.8, 4) is 11.3 Å². The highest BCUT2D eigenvalue weighted by atomic mass is 35.5. The summed E-state index contributed by atoms with van der Waals surface area (Å²) in [5.74, 6) is 0.566. The van der Waals surface area contributed by atoms with Crippen LogP contribution < -0.4 is 10.2 Å². The molecule has 2 aromatic heterocycles. The third-order valence-electron chi connectivity index (χ3n) is 5.95. The van der Waals surface area contributed by atoms with Crippen LogP contribution in [-0.4, -0.2) is 40.2 Å². The van der Waals surface area contributed by atoms with Crippen molar-refractivity contribution >= 4 is 39.8 Å². The largest absolute Gasteiger partial charge is 0.393 e. The number of benzene rings is 2. The van der Waals surface area contributed by atoms with Crippen molar-refractivity contribution in [1.29, 1.82) is 0 Å². The van der Waals surface area contributed by atoms with Gasteiger partial charge in [-0.25, -0.2) is 4.98 Å². The van der Waals surface area contributed by atoms with Crippen molar-refractivity contribution in [2.75, 3.05) is 23.3 Å². The molecule has 2 aromatic carbocycles. The molecule has 0 spiro atoms. The number of piperidine rings is 1. The molecule has 0 atom stereocenters. The lowest BCUT2D eigenvalue weighted by molar-refractivity contribution is 0.102. The Morgan fingerprint density at radius 2 is 1.85 bits per heavy atom. The molecule has 5 rings (SSSR count). The lowest BCUT2D eigenvalue weighted by Gasteiger charge is -2.30. The minimum atomic E-state index is -0.248. The monoisotopic (exact) mass is 458 g/mol. The summed E-state index contributed by atoms with van der Waals surface area (Å²) < 4.78 is 0. The third kappa shape index (κ3) is 4.53. The van der Waals surface area contributed by atoms with E-state index in [0.717, 1.165) is 53.8 Å². The number of pyridine rings is 2. The molecule has 166 valence electrons. The van der Waals surface area contributed by atoms with Gasteiger partial charge in [-0.05, 0) is 54.6 Å². The third-order valence-corrected chi connectivity index (χ3v) is 6.28. The lowest BCUT2D eigenvalue weighted by atomic mass is 10.0. The molecule has 3 heterocycles. The zero-order valence-corrected chi connectivity index (χ0v) is 18.7. The number of aromatic nitrogens is 2. The van der Waals surface area contributed by atoms with Crippen molar-refractivity contribution in [2.24, 2.45) is 0 Å². The molecule has 2 N–H and O–H groups in total. The number of hydrogen-bond acceptors (Lipinski definition) is 5. The number of nitrogens with zero attached hydrogens (tertiary/aromatic N) is 3. The maximum absolute atomic E-state index is 12.8. The molecule has 0 aliphatic carbocycles. The first-order valence-corrected chi connectivity index (χ1v) is 11.3. The van der Waals surface area contributed by atoms with Crippen molar-refractivity contribution in [3.63, 3.8) is 0 Å². The molecule has 33 heavy (non-hydrogen) atoms. The van der Waals surface area contributed by atoms with Crippen LogP contribution >= 0.6 is 11.6 Å². The van der Waals surface area contributed by atoms with E-state index in [1.165, 1.54) is 0 Å². The second-order valence-corrected chi connectivity index (χ2v) is 8.56. The zero-order chi connectivity index (χ0) is 22.8. The maximum atomic E-state index is 12.8. The molecule has 1 aliphatic heterocycles. The van der Waals surface area contributed by atoms with E-state index in [1.807, 2.05) is 42.5 Å². The Hall–Kier alpha value is -3.48. The molecule has 4 aromatic rings. The van der Waals surface area contributed by atoms with Gasteiger partial charge in [0.2, 0.25) is 0 Å². The Bertz CT molecular complexity index is 1300. The quantitative estimate of drug-likeness (QED) is 0.441. The first kappa shape index (κ1) is 21.4. The van der Waals surface area contributed by atoms with Crippen LogP contribution in [-0.2, 0) is 0 Å². The SMILES string of the molecule is O=C(Nc1ccc(Cl)c(-c2nccc3ccccc23)c1)c1ccc(N2CCC(O)CC2)nc1. The van der Waals surface area contributed by atoms with Gasteiger partial charge < -0.3 is 15.3 Å². The van der Waals surface area contributed by atoms with E-state index in [4.69, 9.17) is 11.6 Å². The maximum Gasteiger partial charge on any atom is 0.257 e. The van der Waals surface area contributed by atoms with Crippen LogP contribution in [0.15, 0.2) is 73.1 Å². The molecule has 1 aliphatic rings. The van der Waals surface area contributed by atoms with E-state index in [-0.39, 0.29) is 12.0 Å². The van der Waals surface area contributed by atoms with Crippen molar-refractivity contribution in [2.45, 2.75) is 18.9 Å². The molecule has 7 heteroatoms. The van der Waals surface area contributed by atoms with Gasteiger partial charge in [0, 0.05) is 42.1 Å². The van der Waals surface area contributed by atoms with Crippen LogP contribution in [0.2, 0.25) is 5.02 Å². The van der Waals surface area contributed by atoms with E-state index >= 15 is 0 Å². The van der Waals surface area contributed by atoms with E-state index in [1.54, 1.807) is 30.6 Å². The van der Waals surface area contributed by atoms with Crippen LogP contribution in [0.5, 0.6) is 0 Å². The molecule has 0 bridgehead atoms. The number of amides is 1. The molecule has 0 radical (unpaired) electrons. The van der Waals surface area contributed by atoms with Gasteiger partial charge in [0.05, 0.1) is 22.4 Å². The number of aliphatic hydroxyl groups excluding tert-OH is 1. The van der Waals surface area contributed by atoms with Crippen LogP contribution in [0.3, 0.4) is 0 Å². The van der Waals surface area contributed by atoms with Crippen molar-refractivity contribution in [3.05, 3.63) is 83.6 Å². The topological polar surface area (TPSA) is 78.4 Å². The molecule has 0 saturated carbocycles. The Kier molecular flexibility index (Phi) is 5.94. The highest BCUT2D eigenvalue weighted by Crippen LogP contribution is 2.34. The number of anilines is 2. The van der Waals surface area contributed by atoms with Crippen LogP contribution in [0.25, 0.3) is 22.0 Å². The number of carbonyl (C=O) groups excluding carboxylic acids is 1. The Morgan fingerprint density at radius 1 is 1.03 bits per heavy atom. The smallest absolute Gasteiger partial charge is 0.257 e. The fraction of sp³-hybridized carbons (Fsp3) is 0.192. The normalized spacial score (nSPS) is 14.4. The van der Waals surface area contributed by atoms with Gasteiger partial charge in [-0.15, -0.1) is 0 Å². The van der Waals surface area contributed by atoms with Gasteiger partial charge in [-0.3, -0.25) is 9.78 Å². The molecule has 6 nitrogen and oxygen atoms in total. The molecule has 1 saturated heterocycles. The summed E-state index contributed by atoms with van der Waals surface area (Å²) in [6.07, 6.45) is 4.57. The van der Waals surface area contributed by atoms with Gasteiger partial charge in [-0.1, -0.05) is 35.9 Å². The van der Waals surface area contributed by atoms with E-state index in [9.17, 15) is 9.90 Å².